The van der Waals surface area contributed by atoms with Crippen LogP contribution < -0.4 is 0 Å². The number of nitrogens with zero attached hydrogens (tertiary/aromatic N) is 1. The molecule has 15 heavy (non-hydrogen) atoms. The van der Waals surface area contributed by atoms with Crippen molar-refractivity contribution in [3.05, 3.63) is 37.1 Å². The zero-order valence-electron chi connectivity index (χ0n) is 8.22. The molecule has 0 aliphatic heterocycles. The van der Waals surface area contributed by atoms with Crippen molar-refractivity contribution >= 4 is 11.9 Å². The van der Waals surface area contributed by atoms with Gasteiger partial charge in [-0.05, 0) is 0 Å². The Kier molecular flexibility index (Phi) is 5.55. The monoisotopic (exact) mass is 211 g/mol. The van der Waals surface area contributed by atoms with Crippen LogP contribution in [0, 0.1) is 0 Å². The highest BCUT2D eigenvalue weighted by atomic mass is 16.4. The van der Waals surface area contributed by atoms with Gasteiger partial charge in [-0.3, -0.25) is 0 Å². The van der Waals surface area contributed by atoms with E-state index in [4.69, 9.17) is 10.2 Å². The predicted octanol–water partition coefficient (Wildman–Crippen LogP) is 0.713. The summed E-state index contributed by atoms with van der Waals surface area (Å²) in [7, 11) is 0. The molecule has 0 unspecified atom stereocenters. The van der Waals surface area contributed by atoms with Gasteiger partial charge in [-0.1, -0.05) is 12.2 Å². The highest BCUT2D eigenvalue weighted by molar-refractivity contribution is 5.94. The van der Waals surface area contributed by atoms with Crippen molar-refractivity contribution in [1.82, 2.24) is 4.90 Å². The van der Waals surface area contributed by atoms with Crippen LogP contribution in [-0.4, -0.2) is 40.1 Å². The van der Waals surface area contributed by atoms with Crippen molar-refractivity contribution < 1.29 is 19.8 Å². The number of carboxylic acid groups (broad SMARTS) is 2. The van der Waals surface area contributed by atoms with Crippen LogP contribution in [0.2, 0.25) is 0 Å². The Bertz CT molecular complexity index is 297. The van der Waals surface area contributed by atoms with Crippen LogP contribution in [0.1, 0.15) is 0 Å². The number of aliphatic carboxylic acids is 2. The lowest BCUT2D eigenvalue weighted by molar-refractivity contribution is -0.136. The highest BCUT2D eigenvalue weighted by Gasteiger charge is 2.15. The Morgan fingerprint density at radius 1 is 1.13 bits per heavy atom. The van der Waals surface area contributed by atoms with Crippen LogP contribution in [0.15, 0.2) is 37.1 Å². The lowest BCUT2D eigenvalue weighted by Gasteiger charge is -2.21. The topological polar surface area (TPSA) is 77.8 Å². The molecule has 0 radical (unpaired) electrons. The third-order valence-electron chi connectivity index (χ3n) is 1.52. The minimum absolute atomic E-state index is 0.247. The number of hydrogen-bond donors (Lipinski definition) is 2. The second-order valence-electron chi connectivity index (χ2n) is 2.66. The number of carboxylic acids is 2. The number of carbonyl (C=O) groups is 2. The van der Waals surface area contributed by atoms with E-state index in [0.29, 0.717) is 6.08 Å². The van der Waals surface area contributed by atoms with E-state index in [1.54, 1.807) is 0 Å². The van der Waals surface area contributed by atoms with Gasteiger partial charge in [0.15, 0.2) is 0 Å². The van der Waals surface area contributed by atoms with E-state index in [1.807, 2.05) is 0 Å². The van der Waals surface area contributed by atoms with Crippen LogP contribution in [-0.2, 0) is 9.59 Å². The minimum Gasteiger partial charge on any atom is -0.478 e. The van der Waals surface area contributed by atoms with E-state index in [0.717, 1.165) is 0 Å². The van der Waals surface area contributed by atoms with E-state index < -0.39 is 11.9 Å². The van der Waals surface area contributed by atoms with Crippen molar-refractivity contribution in [3.8, 4) is 0 Å². The lowest BCUT2D eigenvalue weighted by atomic mass is 10.3. The van der Waals surface area contributed by atoms with Crippen molar-refractivity contribution in [2.45, 2.75) is 0 Å². The summed E-state index contributed by atoms with van der Waals surface area (Å²) in [6, 6.07) is 0. The molecule has 0 aromatic carbocycles. The molecule has 0 aliphatic rings. The lowest BCUT2D eigenvalue weighted by Crippen LogP contribution is -2.28. The van der Waals surface area contributed by atoms with Gasteiger partial charge in [0.25, 0.3) is 0 Å². The third-order valence-corrected chi connectivity index (χ3v) is 1.52. The van der Waals surface area contributed by atoms with Gasteiger partial charge in [0.05, 0.1) is 6.08 Å². The zero-order chi connectivity index (χ0) is 11.8. The molecule has 0 heterocycles. The van der Waals surface area contributed by atoms with Crippen LogP contribution in [0.4, 0.5) is 0 Å². The second-order valence-corrected chi connectivity index (χ2v) is 2.66. The standard InChI is InChI=1S/C10H13NO4/c1-3-5-11(6-4-2)8(10(14)15)7-9(12)13/h3-4,7H,1-2,5-6H2,(H,12,13)(H,14,15)/b8-7+. The summed E-state index contributed by atoms with van der Waals surface area (Å²) < 4.78 is 0. The van der Waals surface area contributed by atoms with Crippen LogP contribution >= 0.6 is 0 Å². The molecule has 0 aromatic heterocycles. The molecule has 2 N–H and O–H groups in total. The summed E-state index contributed by atoms with van der Waals surface area (Å²) in [5.74, 6) is -2.59. The minimum atomic E-state index is -1.30. The van der Waals surface area contributed by atoms with Gasteiger partial charge in [-0.15, -0.1) is 13.2 Å². The fourth-order valence-corrected chi connectivity index (χ4v) is 0.988. The quantitative estimate of drug-likeness (QED) is 0.479. The van der Waals surface area contributed by atoms with E-state index >= 15 is 0 Å². The molecule has 0 rings (SSSR count). The maximum atomic E-state index is 10.8. The van der Waals surface area contributed by atoms with Gasteiger partial charge < -0.3 is 15.1 Å². The molecule has 5 heteroatoms. The molecular weight excluding hydrogens is 198 g/mol. The van der Waals surface area contributed by atoms with Crippen molar-refractivity contribution in [3.63, 3.8) is 0 Å². The van der Waals surface area contributed by atoms with Gasteiger partial charge in [0.1, 0.15) is 5.70 Å². The Morgan fingerprint density at radius 2 is 1.60 bits per heavy atom. The van der Waals surface area contributed by atoms with Gasteiger partial charge in [0.2, 0.25) is 0 Å². The second kappa shape index (κ2) is 6.42. The molecule has 0 amide bonds. The molecule has 0 saturated carbocycles. The predicted molar refractivity (Wildman–Crippen MR) is 55.3 cm³/mol. The van der Waals surface area contributed by atoms with Gasteiger partial charge >= 0.3 is 11.9 Å². The first kappa shape index (κ1) is 13.0. The summed E-state index contributed by atoms with van der Waals surface area (Å²) in [6.45, 7) is 7.42. The first-order valence-electron chi connectivity index (χ1n) is 4.17. The fourth-order valence-electron chi connectivity index (χ4n) is 0.988. The van der Waals surface area contributed by atoms with Gasteiger partial charge in [-0.2, -0.15) is 0 Å². The Balaban J connectivity index is 4.98. The van der Waals surface area contributed by atoms with E-state index in [2.05, 4.69) is 13.2 Å². The molecular formula is C10H13NO4. The van der Waals surface area contributed by atoms with E-state index in [-0.39, 0.29) is 18.8 Å². The normalized spacial score (nSPS) is 10.5. The first-order chi connectivity index (χ1) is 7.02. The Hall–Kier alpha value is -2.04. The maximum absolute atomic E-state index is 10.8. The molecule has 0 aromatic rings. The van der Waals surface area contributed by atoms with Crippen molar-refractivity contribution in [2.24, 2.45) is 0 Å². The molecule has 5 nitrogen and oxygen atoms in total. The van der Waals surface area contributed by atoms with Gasteiger partial charge in [0, 0.05) is 13.1 Å². The van der Waals surface area contributed by atoms with Crippen LogP contribution in [0.5, 0.6) is 0 Å². The molecule has 0 spiro atoms. The zero-order valence-corrected chi connectivity index (χ0v) is 8.22. The maximum Gasteiger partial charge on any atom is 0.352 e. The number of hydrogen-bond acceptors (Lipinski definition) is 3. The number of rotatable bonds is 7. The average molecular weight is 211 g/mol. The van der Waals surface area contributed by atoms with E-state index in [9.17, 15) is 9.59 Å². The van der Waals surface area contributed by atoms with Crippen molar-refractivity contribution in [2.75, 3.05) is 13.1 Å². The summed E-state index contributed by atoms with van der Waals surface area (Å²) in [4.78, 5) is 22.5. The van der Waals surface area contributed by atoms with Crippen LogP contribution in [0.3, 0.4) is 0 Å². The van der Waals surface area contributed by atoms with Crippen molar-refractivity contribution in [1.29, 1.82) is 0 Å². The molecule has 82 valence electrons. The average Bonchev–Trinajstić information content (AvgIpc) is 2.13. The summed E-state index contributed by atoms with van der Waals surface area (Å²) in [6.07, 6.45) is 3.62. The smallest absolute Gasteiger partial charge is 0.352 e. The van der Waals surface area contributed by atoms with Gasteiger partial charge in [-0.25, -0.2) is 9.59 Å². The summed E-state index contributed by atoms with van der Waals surface area (Å²) in [5, 5.41) is 17.3. The molecule has 0 fully saturated rings. The summed E-state index contributed by atoms with van der Waals surface area (Å²) in [5.41, 5.74) is -0.290. The van der Waals surface area contributed by atoms with E-state index in [1.165, 1.54) is 17.1 Å². The Morgan fingerprint density at radius 3 is 1.87 bits per heavy atom. The Labute approximate surface area is 87.6 Å². The highest BCUT2D eigenvalue weighted by Crippen LogP contribution is 2.05. The largest absolute Gasteiger partial charge is 0.478 e. The molecule has 0 aliphatic carbocycles. The summed E-state index contributed by atoms with van der Waals surface area (Å²) >= 11 is 0. The molecule has 0 bridgehead atoms. The third kappa shape index (κ3) is 4.66. The first-order valence-corrected chi connectivity index (χ1v) is 4.17. The fraction of sp³-hybridized carbons (Fsp3) is 0.200. The molecule has 0 atom stereocenters. The molecule has 0 saturated heterocycles. The van der Waals surface area contributed by atoms with Crippen LogP contribution in [0.25, 0.3) is 0 Å². The SMILES string of the molecule is C=CCN(CC=C)/C(=C/C(=O)O)C(=O)O.